The zero-order chi connectivity index (χ0) is 7.40. The van der Waals surface area contributed by atoms with Crippen LogP contribution in [0.5, 0.6) is 0 Å². The largest absolute Gasteiger partial charge is 0.449 e. The number of nitrogens with zero attached hydrogens (tertiary/aromatic N) is 1. The zero-order valence-electron chi connectivity index (χ0n) is 6.04. The molecule has 1 heterocycles. The Morgan fingerprint density at radius 1 is 1.60 bits per heavy atom. The predicted octanol–water partition coefficient (Wildman–Crippen LogP) is 1.01. The maximum absolute atomic E-state index is 10.8. The molecule has 0 aromatic rings. The standard InChI is InChI=1S/C7H11NO2/c1-8-5-3-2-4-6-10-7(8)9/h2-3H,4-6H2,1H3/b3-2-. The van der Waals surface area contributed by atoms with Crippen LogP contribution in [0.25, 0.3) is 0 Å². The lowest BCUT2D eigenvalue weighted by Crippen LogP contribution is -2.28. The van der Waals surface area contributed by atoms with Crippen molar-refractivity contribution in [3.63, 3.8) is 0 Å². The summed E-state index contributed by atoms with van der Waals surface area (Å²) >= 11 is 0. The van der Waals surface area contributed by atoms with Crippen molar-refractivity contribution in [1.82, 2.24) is 4.90 Å². The van der Waals surface area contributed by atoms with Crippen LogP contribution < -0.4 is 0 Å². The number of hydrogen-bond donors (Lipinski definition) is 0. The van der Waals surface area contributed by atoms with Crippen LogP contribution in [0.15, 0.2) is 12.2 Å². The highest BCUT2D eigenvalue weighted by Crippen LogP contribution is 1.97. The van der Waals surface area contributed by atoms with Gasteiger partial charge in [-0.25, -0.2) is 4.79 Å². The minimum absolute atomic E-state index is 0.232. The van der Waals surface area contributed by atoms with E-state index in [0.717, 1.165) is 6.42 Å². The number of ether oxygens (including phenoxy) is 1. The zero-order valence-corrected chi connectivity index (χ0v) is 6.04. The quantitative estimate of drug-likeness (QED) is 0.471. The first kappa shape index (κ1) is 7.12. The molecule has 10 heavy (non-hydrogen) atoms. The maximum atomic E-state index is 10.8. The second-order valence-electron chi connectivity index (χ2n) is 2.25. The van der Waals surface area contributed by atoms with E-state index in [1.807, 2.05) is 12.2 Å². The second-order valence-corrected chi connectivity index (χ2v) is 2.25. The average Bonchev–Trinajstić information content (AvgIpc) is 1.92. The van der Waals surface area contributed by atoms with Gasteiger partial charge in [0.15, 0.2) is 0 Å². The van der Waals surface area contributed by atoms with Crippen molar-refractivity contribution in [1.29, 1.82) is 0 Å². The minimum Gasteiger partial charge on any atom is -0.449 e. The van der Waals surface area contributed by atoms with Gasteiger partial charge in [-0.05, 0) is 6.42 Å². The van der Waals surface area contributed by atoms with Crippen LogP contribution in [-0.4, -0.2) is 31.2 Å². The lowest BCUT2D eigenvalue weighted by atomic mass is 10.3. The van der Waals surface area contributed by atoms with Crippen molar-refractivity contribution in [2.24, 2.45) is 0 Å². The Kier molecular flexibility index (Phi) is 2.31. The monoisotopic (exact) mass is 141 g/mol. The van der Waals surface area contributed by atoms with E-state index in [1.165, 1.54) is 4.90 Å². The number of likely N-dealkylation sites (N-methyl/N-ethyl adjacent to an activating group) is 1. The van der Waals surface area contributed by atoms with Crippen molar-refractivity contribution in [3.05, 3.63) is 12.2 Å². The fourth-order valence-electron chi connectivity index (χ4n) is 0.750. The molecule has 56 valence electrons. The molecule has 0 unspecified atom stereocenters. The van der Waals surface area contributed by atoms with E-state index >= 15 is 0 Å². The lowest BCUT2D eigenvalue weighted by Gasteiger charge is -2.16. The highest BCUT2D eigenvalue weighted by molar-refractivity contribution is 5.67. The second kappa shape index (κ2) is 3.25. The van der Waals surface area contributed by atoms with E-state index in [1.54, 1.807) is 7.05 Å². The summed E-state index contributed by atoms with van der Waals surface area (Å²) < 4.78 is 4.83. The fraction of sp³-hybridized carbons (Fsp3) is 0.571. The van der Waals surface area contributed by atoms with E-state index in [4.69, 9.17) is 4.74 Å². The van der Waals surface area contributed by atoms with Crippen LogP contribution >= 0.6 is 0 Å². The van der Waals surface area contributed by atoms with Crippen molar-refractivity contribution < 1.29 is 9.53 Å². The van der Waals surface area contributed by atoms with E-state index in [0.29, 0.717) is 13.2 Å². The molecule has 1 aliphatic heterocycles. The van der Waals surface area contributed by atoms with Crippen molar-refractivity contribution >= 4 is 6.09 Å². The van der Waals surface area contributed by atoms with Gasteiger partial charge in [-0.2, -0.15) is 0 Å². The predicted molar refractivity (Wildman–Crippen MR) is 37.7 cm³/mol. The first-order valence-electron chi connectivity index (χ1n) is 3.33. The molecule has 0 fully saturated rings. The van der Waals surface area contributed by atoms with Crippen molar-refractivity contribution in [3.8, 4) is 0 Å². The first-order chi connectivity index (χ1) is 4.80. The van der Waals surface area contributed by atoms with Crippen LogP contribution in [0, 0.1) is 0 Å². The third kappa shape index (κ3) is 1.76. The summed E-state index contributed by atoms with van der Waals surface area (Å²) in [6.07, 6.45) is 4.59. The van der Waals surface area contributed by atoms with Crippen molar-refractivity contribution in [2.45, 2.75) is 6.42 Å². The van der Waals surface area contributed by atoms with Gasteiger partial charge >= 0.3 is 6.09 Å². The molecule has 0 saturated carbocycles. The summed E-state index contributed by atoms with van der Waals surface area (Å²) in [5.41, 5.74) is 0. The molecule has 1 amide bonds. The lowest BCUT2D eigenvalue weighted by molar-refractivity contribution is 0.114. The van der Waals surface area contributed by atoms with E-state index in [2.05, 4.69) is 0 Å². The molecule has 3 nitrogen and oxygen atoms in total. The molecular weight excluding hydrogens is 130 g/mol. The van der Waals surface area contributed by atoms with Gasteiger partial charge in [-0.15, -0.1) is 0 Å². The molecule has 0 aliphatic carbocycles. The summed E-state index contributed by atoms with van der Waals surface area (Å²) in [7, 11) is 1.72. The Labute approximate surface area is 60.3 Å². The van der Waals surface area contributed by atoms with Crippen LogP contribution in [0.4, 0.5) is 4.79 Å². The molecule has 0 bridgehead atoms. The molecule has 3 heteroatoms. The van der Waals surface area contributed by atoms with E-state index in [9.17, 15) is 4.79 Å². The third-order valence-electron chi connectivity index (χ3n) is 1.37. The molecule has 0 saturated heterocycles. The van der Waals surface area contributed by atoms with Gasteiger partial charge in [0.1, 0.15) is 0 Å². The molecule has 1 rings (SSSR count). The Morgan fingerprint density at radius 3 is 3.20 bits per heavy atom. The van der Waals surface area contributed by atoms with Gasteiger partial charge in [0.2, 0.25) is 0 Å². The highest BCUT2D eigenvalue weighted by atomic mass is 16.6. The van der Waals surface area contributed by atoms with Gasteiger partial charge in [0, 0.05) is 13.6 Å². The smallest absolute Gasteiger partial charge is 0.409 e. The molecule has 0 aromatic carbocycles. The Balaban J connectivity index is 2.49. The maximum Gasteiger partial charge on any atom is 0.409 e. The number of carbonyl (C=O) groups excluding carboxylic acids is 1. The fourth-order valence-corrected chi connectivity index (χ4v) is 0.750. The van der Waals surface area contributed by atoms with E-state index in [-0.39, 0.29) is 6.09 Å². The molecule has 0 atom stereocenters. The van der Waals surface area contributed by atoms with Crippen LogP contribution in [0.1, 0.15) is 6.42 Å². The molecule has 0 spiro atoms. The average molecular weight is 141 g/mol. The topological polar surface area (TPSA) is 29.5 Å². The third-order valence-corrected chi connectivity index (χ3v) is 1.37. The highest BCUT2D eigenvalue weighted by Gasteiger charge is 2.08. The Hall–Kier alpha value is -0.990. The number of rotatable bonds is 0. The Bertz CT molecular complexity index is 154. The number of cyclic esters (lactones) is 1. The minimum atomic E-state index is -0.232. The summed E-state index contributed by atoms with van der Waals surface area (Å²) in [5, 5.41) is 0. The van der Waals surface area contributed by atoms with E-state index < -0.39 is 0 Å². The number of hydrogen-bond acceptors (Lipinski definition) is 2. The first-order valence-corrected chi connectivity index (χ1v) is 3.33. The summed E-state index contributed by atoms with van der Waals surface area (Å²) in [6, 6.07) is 0. The Morgan fingerprint density at radius 2 is 2.40 bits per heavy atom. The van der Waals surface area contributed by atoms with Crippen molar-refractivity contribution in [2.75, 3.05) is 20.2 Å². The number of carbonyl (C=O) groups is 1. The summed E-state index contributed by atoms with van der Waals surface area (Å²) in [6.45, 7) is 1.15. The van der Waals surface area contributed by atoms with Gasteiger partial charge in [-0.3, -0.25) is 0 Å². The summed E-state index contributed by atoms with van der Waals surface area (Å²) in [5.74, 6) is 0. The molecule has 0 aromatic heterocycles. The van der Waals surface area contributed by atoms with Gasteiger partial charge in [-0.1, -0.05) is 12.2 Å². The molecular formula is C7H11NO2. The van der Waals surface area contributed by atoms with Crippen LogP contribution in [-0.2, 0) is 4.74 Å². The van der Waals surface area contributed by atoms with Gasteiger partial charge in [0.25, 0.3) is 0 Å². The molecule has 0 radical (unpaired) electrons. The molecule has 0 N–H and O–H groups in total. The van der Waals surface area contributed by atoms with Gasteiger partial charge in [0.05, 0.1) is 6.61 Å². The van der Waals surface area contributed by atoms with Gasteiger partial charge < -0.3 is 9.64 Å². The SMILES string of the molecule is CN1C/C=C\CCOC1=O. The summed E-state index contributed by atoms with van der Waals surface area (Å²) in [4.78, 5) is 12.4. The molecule has 1 aliphatic rings. The number of amides is 1. The van der Waals surface area contributed by atoms with Crippen LogP contribution in [0.3, 0.4) is 0 Å². The normalized spacial score (nSPS) is 22.9. The van der Waals surface area contributed by atoms with Crippen LogP contribution in [0.2, 0.25) is 0 Å².